The Balaban J connectivity index is 0.000000364. The molecule has 0 atom stereocenters. The molecule has 0 aliphatic rings. The first-order valence-electron chi connectivity index (χ1n) is 4.08. The number of hydrogen-bond acceptors (Lipinski definition) is 0. The Morgan fingerprint density at radius 3 is 1.64 bits per heavy atom. The first-order chi connectivity index (χ1) is 6.34. The van der Waals surface area contributed by atoms with Crippen LogP contribution in [-0.4, -0.2) is 0 Å². The molecule has 14 heavy (non-hydrogen) atoms. The van der Waals surface area contributed by atoms with E-state index in [4.69, 9.17) is 0 Å². The van der Waals surface area contributed by atoms with Gasteiger partial charge >= 0.3 is 51.1 Å². The predicted molar refractivity (Wildman–Crippen MR) is 71.6 cm³/mol. The van der Waals surface area contributed by atoms with Crippen LogP contribution in [0.25, 0.3) is 0 Å². The standard InChI is InChI=1S/C10H13.3BrH.Ti/c1-10(2,3)9-7-5-4-6-8-9;;;;/h4-8H,1H2,2-3H3;3*1H;/q-1;;;;+4/p-3. The average Bonchev–Trinajstić information content (AvgIpc) is 2.03. The van der Waals surface area contributed by atoms with Crippen LogP contribution in [-0.2, 0) is 17.0 Å². The van der Waals surface area contributed by atoms with Gasteiger partial charge in [-0.25, -0.2) is 0 Å². The van der Waals surface area contributed by atoms with E-state index >= 15 is 0 Å². The third-order valence-electron chi connectivity index (χ3n) is 1.56. The molecule has 0 nitrogen and oxygen atoms in total. The molecule has 0 radical (unpaired) electrons. The molecule has 0 aliphatic carbocycles. The molecule has 0 N–H and O–H groups in total. The van der Waals surface area contributed by atoms with E-state index in [2.05, 4.69) is 72.4 Å². The third kappa shape index (κ3) is 8.66. The maximum atomic E-state index is 4.04. The van der Waals surface area contributed by atoms with Crippen molar-refractivity contribution in [3.8, 4) is 0 Å². The quantitative estimate of drug-likeness (QED) is 0.425. The molecule has 0 saturated heterocycles. The summed E-state index contributed by atoms with van der Waals surface area (Å²) in [7, 11) is 0. The summed E-state index contributed by atoms with van der Waals surface area (Å²) in [6, 6.07) is 10.3. The Morgan fingerprint density at radius 2 is 1.43 bits per heavy atom. The van der Waals surface area contributed by atoms with E-state index in [9.17, 15) is 0 Å². The van der Waals surface area contributed by atoms with E-state index in [0.29, 0.717) is 0 Å². The molecule has 0 bridgehead atoms. The second-order valence-electron chi connectivity index (χ2n) is 3.46. The second kappa shape index (κ2) is 7.62. The Bertz CT molecular complexity index is 239. The van der Waals surface area contributed by atoms with E-state index in [1.54, 1.807) is 0 Å². The molecule has 78 valence electrons. The van der Waals surface area contributed by atoms with E-state index in [1.165, 1.54) is 5.56 Å². The number of benzene rings is 1. The SMILES string of the molecule is [Br][Ti+]([Br])[Br].[CH2-]C(C)(C)c1ccccc1. The summed E-state index contributed by atoms with van der Waals surface area (Å²) in [5.74, 6) is 0. The van der Waals surface area contributed by atoms with Gasteiger partial charge in [-0.05, 0) is 0 Å². The topological polar surface area (TPSA) is 0 Å². The summed E-state index contributed by atoms with van der Waals surface area (Å²) in [6.45, 7) is 8.27. The van der Waals surface area contributed by atoms with Gasteiger partial charge < -0.3 is 6.92 Å². The van der Waals surface area contributed by atoms with Crippen LogP contribution in [0.3, 0.4) is 0 Å². The molecular formula is C10H13Br3Ti. The van der Waals surface area contributed by atoms with E-state index in [1.807, 2.05) is 18.2 Å². The maximum absolute atomic E-state index is 4.04. The number of rotatable bonds is 1. The fourth-order valence-electron chi connectivity index (χ4n) is 0.889. The van der Waals surface area contributed by atoms with Gasteiger partial charge in [-0.15, -0.1) is 5.41 Å². The van der Waals surface area contributed by atoms with Crippen LogP contribution in [0.1, 0.15) is 19.4 Å². The fraction of sp³-hybridized carbons (Fsp3) is 0.300. The molecule has 0 fully saturated rings. The zero-order valence-corrected chi connectivity index (χ0v) is 14.5. The minimum Gasteiger partial charge on any atom is -0.333 e. The zero-order valence-electron chi connectivity index (χ0n) is 8.23. The minimum absolute atomic E-state index is 0.0429. The second-order valence-corrected chi connectivity index (χ2v) is 27.1. The Kier molecular flexibility index (Phi) is 8.36. The van der Waals surface area contributed by atoms with Crippen molar-refractivity contribution in [2.45, 2.75) is 19.3 Å². The van der Waals surface area contributed by atoms with E-state index < -0.39 is 11.6 Å². The Labute approximate surface area is 112 Å². The summed E-state index contributed by atoms with van der Waals surface area (Å²) in [5.41, 5.74) is 1.33. The smallest absolute Gasteiger partial charge is 0.0611 e. The molecule has 0 saturated carbocycles. The molecule has 0 spiro atoms. The van der Waals surface area contributed by atoms with Crippen LogP contribution in [0, 0.1) is 6.92 Å². The Morgan fingerprint density at radius 1 is 1.07 bits per heavy atom. The van der Waals surface area contributed by atoms with Crippen LogP contribution in [0.5, 0.6) is 0 Å². The number of halogens is 3. The van der Waals surface area contributed by atoms with E-state index in [-0.39, 0.29) is 5.41 Å². The largest absolute Gasteiger partial charge is 0.333 e. The summed E-state index contributed by atoms with van der Waals surface area (Å²) in [5, 5.41) is 0. The summed E-state index contributed by atoms with van der Waals surface area (Å²) in [6.07, 6.45) is 0. The normalized spacial score (nSPS) is 10.1. The molecule has 1 aromatic rings. The van der Waals surface area contributed by atoms with Gasteiger partial charge in [0.15, 0.2) is 0 Å². The van der Waals surface area contributed by atoms with Crippen molar-refractivity contribution in [1.29, 1.82) is 0 Å². The van der Waals surface area contributed by atoms with Gasteiger partial charge in [0.05, 0.1) is 0 Å². The van der Waals surface area contributed by atoms with Crippen LogP contribution < -0.4 is 0 Å². The molecule has 0 aromatic heterocycles. The predicted octanol–water partition coefficient (Wildman–Crippen LogP) is 5.33. The molecule has 0 heterocycles. The first kappa shape index (κ1) is 15.4. The first-order valence-corrected chi connectivity index (χ1v) is 15.7. The van der Waals surface area contributed by atoms with Gasteiger partial charge in [-0.3, -0.25) is 0 Å². The summed E-state index contributed by atoms with van der Waals surface area (Å²) < 4.78 is 0. The molecule has 0 aliphatic heterocycles. The summed E-state index contributed by atoms with van der Waals surface area (Å²) >= 11 is 8.92. The third-order valence-corrected chi connectivity index (χ3v) is 1.56. The molecule has 0 unspecified atom stereocenters. The van der Waals surface area contributed by atoms with Crippen LogP contribution in [0.4, 0.5) is 0 Å². The van der Waals surface area contributed by atoms with Crippen molar-refractivity contribution < 1.29 is 11.6 Å². The molecular weight excluding hydrogens is 408 g/mol. The van der Waals surface area contributed by atoms with Crippen LogP contribution >= 0.6 is 39.5 Å². The Hall–Kier alpha value is 1.37. The van der Waals surface area contributed by atoms with Gasteiger partial charge in [0.1, 0.15) is 0 Å². The van der Waals surface area contributed by atoms with Crippen LogP contribution in [0.15, 0.2) is 30.3 Å². The van der Waals surface area contributed by atoms with Crippen molar-refractivity contribution in [3.63, 3.8) is 0 Å². The van der Waals surface area contributed by atoms with Crippen molar-refractivity contribution in [1.82, 2.24) is 0 Å². The van der Waals surface area contributed by atoms with Crippen LogP contribution in [0.2, 0.25) is 0 Å². The van der Waals surface area contributed by atoms with Gasteiger partial charge in [-0.1, -0.05) is 49.7 Å². The van der Waals surface area contributed by atoms with E-state index in [0.717, 1.165) is 0 Å². The van der Waals surface area contributed by atoms with Gasteiger partial charge in [-0.2, -0.15) is 0 Å². The molecule has 4 heteroatoms. The maximum Gasteiger partial charge on any atom is -0.0611 e. The van der Waals surface area contributed by atoms with Crippen molar-refractivity contribution in [2.24, 2.45) is 0 Å². The van der Waals surface area contributed by atoms with Crippen molar-refractivity contribution in [2.75, 3.05) is 0 Å². The minimum atomic E-state index is -0.896. The molecule has 1 aromatic carbocycles. The van der Waals surface area contributed by atoms with Gasteiger partial charge in [0.2, 0.25) is 0 Å². The summed E-state index contributed by atoms with van der Waals surface area (Å²) in [4.78, 5) is 0. The molecule has 0 amide bonds. The number of hydrogen-bond donors (Lipinski definition) is 0. The van der Waals surface area contributed by atoms with Crippen molar-refractivity contribution >= 4 is 39.5 Å². The zero-order chi connectivity index (χ0) is 11.2. The van der Waals surface area contributed by atoms with Crippen molar-refractivity contribution in [3.05, 3.63) is 42.8 Å². The average molecular weight is 421 g/mol. The monoisotopic (exact) mass is 418 g/mol. The van der Waals surface area contributed by atoms with Gasteiger partial charge in [0.25, 0.3) is 0 Å². The molecule has 1 rings (SSSR count). The fourth-order valence-corrected chi connectivity index (χ4v) is 0.889. The van der Waals surface area contributed by atoms with Gasteiger partial charge in [0, 0.05) is 0 Å².